The number of benzene rings is 1. The topological polar surface area (TPSA) is 62.3 Å². The summed E-state index contributed by atoms with van der Waals surface area (Å²) in [6, 6.07) is 7.48. The summed E-state index contributed by atoms with van der Waals surface area (Å²) in [6.07, 6.45) is 2.36. The minimum atomic E-state index is 0.648. The maximum Gasteiger partial charge on any atom is 0.131 e. The van der Waals surface area contributed by atoms with Gasteiger partial charge in [0, 0.05) is 48.8 Å². The third-order valence-electron chi connectivity index (χ3n) is 4.22. The number of hydrogen-bond acceptors (Lipinski definition) is 6. The van der Waals surface area contributed by atoms with Crippen molar-refractivity contribution in [3.8, 4) is 0 Å². The van der Waals surface area contributed by atoms with Crippen LogP contribution in [0.2, 0.25) is 10.0 Å². The molecular formula is C18H23Cl2N5O. The first-order chi connectivity index (χ1) is 12.7. The Bertz CT molecular complexity index is 710. The first-order valence-electron chi connectivity index (χ1n) is 8.74. The van der Waals surface area contributed by atoms with E-state index in [1.165, 1.54) is 0 Å². The normalized spacial score (nSPS) is 15.0. The molecule has 0 atom stereocenters. The predicted molar refractivity (Wildman–Crippen MR) is 106 cm³/mol. The van der Waals surface area contributed by atoms with Crippen molar-refractivity contribution in [2.75, 3.05) is 56.6 Å². The second-order valence-electron chi connectivity index (χ2n) is 6.08. The van der Waals surface area contributed by atoms with Crippen LogP contribution in [0.5, 0.6) is 0 Å². The Kier molecular flexibility index (Phi) is 7.32. The third-order valence-corrected chi connectivity index (χ3v) is 4.81. The molecular weight excluding hydrogens is 373 g/mol. The van der Waals surface area contributed by atoms with Gasteiger partial charge in [-0.15, -0.1) is 0 Å². The van der Waals surface area contributed by atoms with Gasteiger partial charge in [-0.25, -0.2) is 9.97 Å². The van der Waals surface area contributed by atoms with Gasteiger partial charge in [0.25, 0.3) is 0 Å². The molecule has 1 aliphatic rings. The van der Waals surface area contributed by atoms with Crippen LogP contribution in [-0.4, -0.2) is 60.8 Å². The summed E-state index contributed by atoms with van der Waals surface area (Å²) in [6.45, 7) is 6.17. The van der Waals surface area contributed by atoms with Crippen molar-refractivity contribution in [1.82, 2.24) is 14.9 Å². The molecule has 1 fully saturated rings. The van der Waals surface area contributed by atoms with E-state index in [2.05, 4.69) is 25.5 Å². The van der Waals surface area contributed by atoms with E-state index in [9.17, 15) is 0 Å². The number of nitrogens with one attached hydrogen (secondary N) is 2. The lowest BCUT2D eigenvalue weighted by Gasteiger charge is -2.26. The molecule has 2 heterocycles. The van der Waals surface area contributed by atoms with Gasteiger partial charge in [-0.3, -0.25) is 4.90 Å². The zero-order valence-electron chi connectivity index (χ0n) is 14.5. The molecule has 0 aliphatic carbocycles. The molecule has 140 valence electrons. The number of aromatic nitrogens is 2. The van der Waals surface area contributed by atoms with E-state index in [0.717, 1.165) is 69.6 Å². The van der Waals surface area contributed by atoms with Crippen molar-refractivity contribution in [2.45, 2.75) is 6.42 Å². The Morgan fingerprint density at radius 3 is 2.46 bits per heavy atom. The van der Waals surface area contributed by atoms with Crippen LogP contribution in [0, 0.1) is 0 Å². The van der Waals surface area contributed by atoms with Gasteiger partial charge < -0.3 is 15.4 Å². The zero-order chi connectivity index (χ0) is 18.2. The van der Waals surface area contributed by atoms with Crippen LogP contribution in [0.4, 0.5) is 11.6 Å². The zero-order valence-corrected chi connectivity index (χ0v) is 16.1. The highest BCUT2D eigenvalue weighted by Crippen LogP contribution is 2.21. The molecule has 8 heteroatoms. The van der Waals surface area contributed by atoms with Crippen LogP contribution in [0.3, 0.4) is 0 Å². The Morgan fingerprint density at radius 2 is 1.73 bits per heavy atom. The molecule has 0 unspecified atom stereocenters. The van der Waals surface area contributed by atoms with E-state index < -0.39 is 0 Å². The molecule has 2 N–H and O–H groups in total. The number of morpholine rings is 1. The number of hydrogen-bond donors (Lipinski definition) is 2. The molecule has 6 nitrogen and oxygen atoms in total. The third kappa shape index (κ3) is 5.99. The first-order valence-corrected chi connectivity index (χ1v) is 9.50. The van der Waals surface area contributed by atoms with Crippen LogP contribution in [-0.2, 0) is 11.2 Å². The fourth-order valence-corrected chi connectivity index (χ4v) is 3.27. The fraction of sp³-hybridized carbons (Fsp3) is 0.444. The Balaban J connectivity index is 1.43. The number of nitrogens with zero attached hydrogens (tertiary/aromatic N) is 3. The van der Waals surface area contributed by atoms with Crippen LogP contribution < -0.4 is 10.6 Å². The Labute approximate surface area is 163 Å². The molecule has 1 saturated heterocycles. The molecule has 0 saturated carbocycles. The van der Waals surface area contributed by atoms with Gasteiger partial charge in [-0.1, -0.05) is 29.3 Å². The number of ether oxygens (including phenoxy) is 1. The van der Waals surface area contributed by atoms with E-state index in [1.807, 2.05) is 18.2 Å². The summed E-state index contributed by atoms with van der Waals surface area (Å²) in [7, 11) is 0. The van der Waals surface area contributed by atoms with Crippen molar-refractivity contribution < 1.29 is 4.74 Å². The molecule has 0 bridgehead atoms. The van der Waals surface area contributed by atoms with Crippen molar-refractivity contribution in [1.29, 1.82) is 0 Å². The Morgan fingerprint density at radius 1 is 1.00 bits per heavy atom. The Hall–Kier alpha value is -1.60. The monoisotopic (exact) mass is 395 g/mol. The second-order valence-corrected chi connectivity index (χ2v) is 6.93. The molecule has 26 heavy (non-hydrogen) atoms. The largest absolute Gasteiger partial charge is 0.379 e. The summed E-state index contributed by atoms with van der Waals surface area (Å²) < 4.78 is 5.36. The van der Waals surface area contributed by atoms with Crippen molar-refractivity contribution in [3.63, 3.8) is 0 Å². The summed E-state index contributed by atoms with van der Waals surface area (Å²) >= 11 is 12.1. The van der Waals surface area contributed by atoms with E-state index in [1.54, 1.807) is 12.4 Å². The number of anilines is 2. The van der Waals surface area contributed by atoms with Gasteiger partial charge in [0.15, 0.2) is 0 Å². The van der Waals surface area contributed by atoms with E-state index >= 15 is 0 Å². The van der Waals surface area contributed by atoms with Gasteiger partial charge >= 0.3 is 0 Å². The van der Waals surface area contributed by atoms with Crippen LogP contribution in [0.15, 0.2) is 30.6 Å². The molecule has 0 amide bonds. The summed E-state index contributed by atoms with van der Waals surface area (Å²) in [5, 5.41) is 7.99. The van der Waals surface area contributed by atoms with Crippen LogP contribution in [0.25, 0.3) is 0 Å². The summed E-state index contributed by atoms with van der Waals surface area (Å²) in [4.78, 5) is 10.9. The number of halogens is 2. The first kappa shape index (κ1) is 19.2. The molecule has 3 rings (SSSR count). The highest BCUT2D eigenvalue weighted by Gasteiger charge is 2.09. The van der Waals surface area contributed by atoms with E-state index in [-0.39, 0.29) is 0 Å². The summed E-state index contributed by atoms with van der Waals surface area (Å²) in [5.74, 6) is 1.61. The van der Waals surface area contributed by atoms with E-state index in [0.29, 0.717) is 10.0 Å². The van der Waals surface area contributed by atoms with E-state index in [4.69, 9.17) is 27.9 Å². The lowest BCUT2D eigenvalue weighted by Crippen LogP contribution is -2.39. The quantitative estimate of drug-likeness (QED) is 0.715. The predicted octanol–water partition coefficient (Wildman–Crippen LogP) is 3.18. The highest BCUT2D eigenvalue weighted by molar-refractivity contribution is 6.35. The highest BCUT2D eigenvalue weighted by atomic mass is 35.5. The maximum atomic E-state index is 6.20. The smallest absolute Gasteiger partial charge is 0.131 e. The molecule has 1 aromatic carbocycles. The van der Waals surface area contributed by atoms with Gasteiger partial charge in [0.2, 0.25) is 0 Å². The molecule has 2 aromatic rings. The van der Waals surface area contributed by atoms with Crippen LogP contribution >= 0.6 is 23.2 Å². The van der Waals surface area contributed by atoms with Gasteiger partial charge in [0.1, 0.15) is 18.0 Å². The van der Waals surface area contributed by atoms with Gasteiger partial charge in [-0.05, 0) is 24.1 Å². The minimum absolute atomic E-state index is 0.648. The van der Waals surface area contributed by atoms with Gasteiger partial charge in [-0.2, -0.15) is 0 Å². The minimum Gasteiger partial charge on any atom is -0.379 e. The van der Waals surface area contributed by atoms with Crippen LogP contribution in [0.1, 0.15) is 5.56 Å². The standard InChI is InChI=1S/C18H23Cl2N5O/c19-15-2-1-14(16(20)11-15)3-4-21-17-12-18(24-13-23-17)22-5-6-25-7-9-26-10-8-25/h1-2,11-13H,3-10H2,(H2,21,22,23,24). The average Bonchev–Trinajstić information content (AvgIpc) is 2.65. The SMILES string of the molecule is Clc1ccc(CCNc2cc(NCCN3CCOCC3)ncn2)c(Cl)c1. The molecule has 0 radical (unpaired) electrons. The van der Waals surface area contributed by atoms with Crippen molar-refractivity contribution in [3.05, 3.63) is 46.2 Å². The summed E-state index contributed by atoms with van der Waals surface area (Å²) in [5.41, 5.74) is 1.06. The number of rotatable bonds is 8. The molecule has 1 aromatic heterocycles. The lowest BCUT2D eigenvalue weighted by atomic mass is 10.1. The van der Waals surface area contributed by atoms with Crippen molar-refractivity contribution in [2.24, 2.45) is 0 Å². The molecule has 0 spiro atoms. The fourth-order valence-electron chi connectivity index (χ4n) is 2.77. The average molecular weight is 396 g/mol. The van der Waals surface area contributed by atoms with Crippen molar-refractivity contribution >= 4 is 34.8 Å². The molecule has 1 aliphatic heterocycles. The van der Waals surface area contributed by atoms with Gasteiger partial charge in [0.05, 0.1) is 13.2 Å². The lowest BCUT2D eigenvalue weighted by molar-refractivity contribution is 0.0398. The second kappa shape index (κ2) is 9.92. The maximum absolute atomic E-state index is 6.20.